The van der Waals surface area contributed by atoms with Gasteiger partial charge in [0.15, 0.2) is 0 Å². The molecular formula is C15H11NO2S. The van der Waals surface area contributed by atoms with Crippen LogP contribution in [-0.2, 0) is 4.74 Å². The molecule has 1 aromatic carbocycles. The highest BCUT2D eigenvalue weighted by Crippen LogP contribution is 2.32. The summed E-state index contributed by atoms with van der Waals surface area (Å²) >= 11 is 1.66. The zero-order valence-corrected chi connectivity index (χ0v) is 11.1. The molecule has 0 aliphatic heterocycles. The molecular weight excluding hydrogens is 258 g/mol. The lowest BCUT2D eigenvalue weighted by molar-refractivity contribution is 0.0594. The molecule has 0 unspecified atom stereocenters. The fourth-order valence-corrected chi connectivity index (χ4v) is 2.93. The van der Waals surface area contributed by atoms with Crippen molar-refractivity contribution in [1.29, 1.82) is 0 Å². The number of ether oxygens (including phenoxy) is 1. The van der Waals surface area contributed by atoms with E-state index >= 15 is 0 Å². The summed E-state index contributed by atoms with van der Waals surface area (Å²) in [6, 6.07) is 15.6. The summed E-state index contributed by atoms with van der Waals surface area (Å²) in [7, 11) is 1.36. The number of hydrogen-bond donors (Lipinski definition) is 0. The molecule has 0 aliphatic carbocycles. The summed E-state index contributed by atoms with van der Waals surface area (Å²) in [5.74, 6) is -0.414. The van der Waals surface area contributed by atoms with Gasteiger partial charge in [0.2, 0.25) is 0 Å². The second-order valence-electron chi connectivity index (χ2n) is 4.05. The first-order valence-electron chi connectivity index (χ1n) is 5.82. The van der Waals surface area contributed by atoms with Crippen molar-refractivity contribution < 1.29 is 9.53 Å². The van der Waals surface area contributed by atoms with Gasteiger partial charge in [-0.1, -0.05) is 24.3 Å². The maximum Gasteiger partial charge on any atom is 0.356 e. The largest absolute Gasteiger partial charge is 0.464 e. The highest BCUT2D eigenvalue weighted by molar-refractivity contribution is 7.22. The molecule has 0 radical (unpaired) electrons. The topological polar surface area (TPSA) is 39.2 Å². The van der Waals surface area contributed by atoms with Crippen LogP contribution in [0.3, 0.4) is 0 Å². The van der Waals surface area contributed by atoms with Gasteiger partial charge < -0.3 is 4.74 Å². The van der Waals surface area contributed by atoms with Crippen molar-refractivity contribution >= 4 is 27.4 Å². The Hall–Kier alpha value is -2.20. The molecule has 2 aromatic heterocycles. The van der Waals surface area contributed by atoms with Crippen molar-refractivity contribution in [3.63, 3.8) is 0 Å². The third-order valence-corrected chi connectivity index (χ3v) is 3.96. The van der Waals surface area contributed by atoms with E-state index in [1.54, 1.807) is 17.4 Å². The Labute approximate surface area is 114 Å². The smallest absolute Gasteiger partial charge is 0.356 e. The molecule has 0 aliphatic rings. The number of carbonyl (C=O) groups is 1. The van der Waals surface area contributed by atoms with Gasteiger partial charge in [0.25, 0.3) is 0 Å². The molecule has 0 amide bonds. The molecule has 0 saturated heterocycles. The van der Waals surface area contributed by atoms with Gasteiger partial charge in [-0.25, -0.2) is 9.78 Å². The van der Waals surface area contributed by atoms with Gasteiger partial charge in [-0.2, -0.15) is 0 Å². The number of nitrogens with zero attached hydrogens (tertiary/aromatic N) is 1. The van der Waals surface area contributed by atoms with Crippen molar-refractivity contribution in [3.8, 4) is 10.6 Å². The SMILES string of the molecule is COC(=O)c1cccc(-c2cc3ccccc3s2)n1. The second-order valence-corrected chi connectivity index (χ2v) is 5.13. The molecule has 94 valence electrons. The Morgan fingerprint density at radius 3 is 2.79 bits per heavy atom. The van der Waals surface area contributed by atoms with E-state index in [0.717, 1.165) is 10.6 Å². The lowest BCUT2D eigenvalue weighted by Gasteiger charge is -2.00. The van der Waals surface area contributed by atoms with Crippen LogP contribution >= 0.6 is 11.3 Å². The van der Waals surface area contributed by atoms with E-state index in [9.17, 15) is 4.79 Å². The number of pyridine rings is 1. The average molecular weight is 269 g/mol. The Bertz CT molecular complexity index is 715. The van der Waals surface area contributed by atoms with E-state index in [4.69, 9.17) is 0 Å². The number of thiophene rings is 1. The average Bonchev–Trinajstić information content (AvgIpc) is 2.90. The highest BCUT2D eigenvalue weighted by Gasteiger charge is 2.10. The van der Waals surface area contributed by atoms with Crippen molar-refractivity contribution in [2.24, 2.45) is 0 Å². The van der Waals surface area contributed by atoms with Crippen molar-refractivity contribution in [1.82, 2.24) is 4.98 Å². The lowest BCUT2D eigenvalue weighted by atomic mass is 10.2. The van der Waals surface area contributed by atoms with Crippen LogP contribution in [0, 0.1) is 0 Å². The van der Waals surface area contributed by atoms with Crippen LogP contribution in [-0.4, -0.2) is 18.1 Å². The number of carbonyl (C=O) groups excluding carboxylic acids is 1. The van der Waals surface area contributed by atoms with Crippen LogP contribution in [0.4, 0.5) is 0 Å². The van der Waals surface area contributed by atoms with Gasteiger partial charge in [-0.3, -0.25) is 0 Å². The lowest BCUT2D eigenvalue weighted by Crippen LogP contribution is -2.04. The van der Waals surface area contributed by atoms with Crippen molar-refractivity contribution in [2.45, 2.75) is 0 Å². The minimum atomic E-state index is -0.414. The number of aromatic nitrogens is 1. The van der Waals surface area contributed by atoms with Crippen molar-refractivity contribution in [2.75, 3.05) is 7.11 Å². The summed E-state index contributed by atoms with van der Waals surface area (Å²) < 4.78 is 5.90. The molecule has 0 spiro atoms. The van der Waals surface area contributed by atoms with Gasteiger partial charge in [-0.15, -0.1) is 11.3 Å². The van der Waals surface area contributed by atoms with Gasteiger partial charge in [0.05, 0.1) is 17.7 Å². The van der Waals surface area contributed by atoms with Gasteiger partial charge in [0.1, 0.15) is 5.69 Å². The Kier molecular flexibility index (Phi) is 3.01. The summed E-state index contributed by atoms with van der Waals surface area (Å²) in [5, 5.41) is 1.19. The number of hydrogen-bond acceptors (Lipinski definition) is 4. The summed E-state index contributed by atoms with van der Waals surface area (Å²) in [6.07, 6.45) is 0. The van der Waals surface area contributed by atoms with Crippen LogP contribution in [0.15, 0.2) is 48.5 Å². The molecule has 3 nitrogen and oxygen atoms in total. The molecule has 19 heavy (non-hydrogen) atoms. The van der Waals surface area contributed by atoms with Crippen LogP contribution in [0.25, 0.3) is 20.7 Å². The van der Waals surface area contributed by atoms with E-state index < -0.39 is 5.97 Å². The summed E-state index contributed by atoms with van der Waals surface area (Å²) in [4.78, 5) is 16.9. The molecule has 0 atom stereocenters. The number of fused-ring (bicyclic) bond motifs is 1. The van der Waals surface area contributed by atoms with E-state index in [2.05, 4.69) is 27.9 Å². The number of methoxy groups -OCH3 is 1. The van der Waals surface area contributed by atoms with Crippen LogP contribution in [0.2, 0.25) is 0 Å². The maximum absolute atomic E-state index is 11.5. The predicted molar refractivity (Wildman–Crippen MR) is 76.4 cm³/mol. The Balaban J connectivity index is 2.08. The molecule has 0 N–H and O–H groups in total. The molecule has 4 heteroatoms. The normalized spacial score (nSPS) is 10.6. The van der Waals surface area contributed by atoms with Crippen LogP contribution in [0.5, 0.6) is 0 Å². The number of rotatable bonds is 2. The Morgan fingerprint density at radius 1 is 1.16 bits per heavy atom. The third kappa shape index (κ3) is 2.22. The van der Waals surface area contributed by atoms with E-state index in [0.29, 0.717) is 5.69 Å². The van der Waals surface area contributed by atoms with Gasteiger partial charge in [-0.05, 0) is 29.7 Å². The monoisotopic (exact) mass is 269 g/mol. The van der Waals surface area contributed by atoms with Gasteiger partial charge in [0, 0.05) is 4.70 Å². The fraction of sp³-hybridized carbons (Fsp3) is 0.0667. The minimum absolute atomic E-state index is 0.331. The van der Waals surface area contributed by atoms with Crippen LogP contribution in [0.1, 0.15) is 10.5 Å². The standard InChI is InChI=1S/C15H11NO2S/c1-18-15(17)12-7-4-6-11(16-12)14-9-10-5-2-3-8-13(10)19-14/h2-9H,1H3. The first kappa shape index (κ1) is 11.9. The predicted octanol–water partition coefficient (Wildman–Crippen LogP) is 3.75. The van der Waals surface area contributed by atoms with Crippen molar-refractivity contribution in [3.05, 3.63) is 54.2 Å². The first-order chi connectivity index (χ1) is 9.28. The quantitative estimate of drug-likeness (QED) is 0.665. The van der Waals surface area contributed by atoms with E-state index in [1.807, 2.05) is 24.3 Å². The van der Waals surface area contributed by atoms with Gasteiger partial charge >= 0.3 is 5.97 Å². The Morgan fingerprint density at radius 2 is 2.00 bits per heavy atom. The molecule has 0 saturated carbocycles. The maximum atomic E-state index is 11.5. The fourth-order valence-electron chi connectivity index (χ4n) is 1.90. The molecule has 3 rings (SSSR count). The third-order valence-electron chi connectivity index (χ3n) is 2.82. The minimum Gasteiger partial charge on any atom is -0.464 e. The number of benzene rings is 1. The molecule has 0 bridgehead atoms. The summed E-state index contributed by atoms with van der Waals surface area (Å²) in [5.41, 5.74) is 1.13. The zero-order chi connectivity index (χ0) is 13.2. The number of esters is 1. The first-order valence-corrected chi connectivity index (χ1v) is 6.64. The zero-order valence-electron chi connectivity index (χ0n) is 10.3. The van der Waals surface area contributed by atoms with E-state index in [1.165, 1.54) is 17.2 Å². The van der Waals surface area contributed by atoms with Crippen LogP contribution < -0.4 is 0 Å². The molecule has 0 fully saturated rings. The summed E-state index contributed by atoms with van der Waals surface area (Å²) in [6.45, 7) is 0. The van der Waals surface area contributed by atoms with E-state index in [-0.39, 0.29) is 0 Å². The molecule has 3 aromatic rings. The second kappa shape index (κ2) is 4.82. The molecule has 2 heterocycles. The highest BCUT2D eigenvalue weighted by atomic mass is 32.1.